The molecule has 712 valence electrons. The number of azo groups is 1. The Morgan fingerprint density at radius 3 is 1.69 bits per heavy atom. The number of aliphatic imine (C=N–C) groups is 6. The second kappa shape index (κ2) is 49.1. The number of nitrogens with one attached hydrogen (secondary N) is 2. The summed E-state index contributed by atoms with van der Waals surface area (Å²) in [7, 11) is 0.761. The summed E-state index contributed by atoms with van der Waals surface area (Å²) in [6.45, 7) is 20.8. The predicted molar refractivity (Wildman–Crippen MR) is 566 cm³/mol. The van der Waals surface area contributed by atoms with E-state index in [1.54, 1.807) is 94.9 Å². The van der Waals surface area contributed by atoms with E-state index in [0.29, 0.717) is 69.4 Å². The molecule has 2 amide bonds. The van der Waals surface area contributed by atoms with Crippen LogP contribution in [0.25, 0.3) is 53.9 Å². The van der Waals surface area contributed by atoms with Crippen LogP contribution in [0.4, 0.5) is 16.2 Å². The number of hydrogen-bond acceptors (Lipinski definition) is 17. The molecule has 10 aromatic carbocycles. The van der Waals surface area contributed by atoms with Crippen LogP contribution >= 0.6 is 11.8 Å². The maximum absolute atomic E-state index is 12.6. The number of nitrogens with zero attached hydrogens (tertiary/aromatic N) is 8. The zero-order valence-corrected chi connectivity index (χ0v) is 84.0. The average molecular weight is 1880 g/mol. The van der Waals surface area contributed by atoms with E-state index in [1.807, 2.05) is 138 Å². The quantitative estimate of drug-likeness (QED) is 0.0108. The number of aryl methyl sites for hydroxylation is 3. The first-order chi connectivity index (χ1) is 63.4. The Morgan fingerprint density at radius 2 is 1.08 bits per heavy atom. The molecule has 2 N–H and O–H groups in total. The highest BCUT2D eigenvalue weighted by Gasteiger charge is 2.59. The molecule has 2 saturated heterocycles. The van der Waals surface area contributed by atoms with Crippen LogP contribution in [0.2, 0.25) is 0 Å². The first-order valence-electron chi connectivity index (χ1n) is 47.7. The summed E-state index contributed by atoms with van der Waals surface area (Å²) in [5, 5.41) is 26.3. The van der Waals surface area contributed by atoms with Gasteiger partial charge in [0.05, 0.1) is 54.9 Å². The van der Waals surface area contributed by atoms with Gasteiger partial charge in [-0.15, -0.1) is 0 Å². The molecule has 1 unspecified atom stereocenters. The molecular formula is C111H146N10O8S4. The van der Waals surface area contributed by atoms with Gasteiger partial charge in [0.2, 0.25) is 0 Å². The lowest BCUT2D eigenvalue weighted by Crippen LogP contribution is -2.50. The van der Waals surface area contributed by atoms with E-state index in [1.165, 1.54) is 114 Å². The summed E-state index contributed by atoms with van der Waals surface area (Å²) in [6, 6.07) is 56.4. The molecule has 6 aliphatic rings. The SMILES string of the molecule is C.CN=C1CC[C@@]2(C)C(=CC[C@H]3C4CC[C@H]([C@H](C)CCCC(C)C)[C@@]4(C)CC[C@@H]32)C1.CN=CCCC(=O)CCCC[C@@H]1SC[C@]2(C)NC(=O)N[C@H]12.CN=CCCCCS(=O)(=O)c1cccc2c(C)cccc12.CN=CCCS(=O)(=O)c1ccc(N=Nc2ccc(C)cc2)cc1.CN=CCCS(=O)(=O)c1cccc2c(C)cccc12.CN=Cc1ccc2ccc3cccc4ccc1c2c34. The van der Waals surface area contributed by atoms with E-state index in [2.05, 4.69) is 153 Å². The third-order valence-electron chi connectivity index (χ3n) is 28.5. The van der Waals surface area contributed by atoms with Gasteiger partial charge < -0.3 is 30.6 Å². The molecule has 4 aliphatic carbocycles. The van der Waals surface area contributed by atoms with Gasteiger partial charge in [0, 0.05) is 101 Å². The van der Waals surface area contributed by atoms with Gasteiger partial charge in [0.15, 0.2) is 29.5 Å². The van der Waals surface area contributed by atoms with Crippen LogP contribution in [-0.4, -0.2) is 156 Å². The summed E-state index contributed by atoms with van der Waals surface area (Å²) in [5.74, 6) is 7.27. The third kappa shape index (κ3) is 26.9. The number of Topliss-reactive ketones (excluding diaryl/α,β-unsaturated/α-hetero) is 1. The summed E-state index contributed by atoms with van der Waals surface area (Å²) in [4.78, 5) is 48.4. The molecule has 3 saturated carbocycles. The zero-order chi connectivity index (χ0) is 94.8. The van der Waals surface area contributed by atoms with Crippen LogP contribution in [0.15, 0.2) is 242 Å². The van der Waals surface area contributed by atoms with Crippen LogP contribution in [0.5, 0.6) is 0 Å². The third-order valence-corrected chi connectivity index (χ3v) is 35.6. The highest BCUT2D eigenvalue weighted by atomic mass is 32.2. The Balaban J connectivity index is 0.000000166. The van der Waals surface area contributed by atoms with E-state index in [-0.39, 0.29) is 47.2 Å². The number of benzene rings is 10. The molecule has 10 aromatic rings. The highest BCUT2D eigenvalue weighted by molar-refractivity contribution is 8.00. The van der Waals surface area contributed by atoms with Gasteiger partial charge in [-0.1, -0.05) is 212 Å². The Hall–Kier alpha value is -9.74. The number of carbonyl (C=O) groups is 2. The van der Waals surface area contributed by atoms with E-state index in [0.717, 1.165) is 124 Å². The number of amides is 2. The molecule has 18 nitrogen and oxygen atoms in total. The van der Waals surface area contributed by atoms with Gasteiger partial charge in [-0.2, -0.15) is 22.0 Å². The van der Waals surface area contributed by atoms with Crippen molar-refractivity contribution in [1.29, 1.82) is 0 Å². The molecule has 2 aliphatic heterocycles. The number of unbranched alkanes of at least 4 members (excludes halogenated alkanes) is 3. The van der Waals surface area contributed by atoms with Crippen molar-refractivity contribution in [1.82, 2.24) is 10.6 Å². The fraction of sp³-hybridized carbons (Fsp3) is 0.477. The lowest BCUT2D eigenvalue weighted by atomic mass is 9.47. The van der Waals surface area contributed by atoms with Gasteiger partial charge in [0.1, 0.15) is 5.78 Å². The number of ketones is 1. The minimum Gasteiger partial charge on any atom is -0.332 e. The molecule has 5 fully saturated rings. The lowest BCUT2D eigenvalue weighted by molar-refractivity contribution is -0.119. The van der Waals surface area contributed by atoms with Gasteiger partial charge in [-0.05, 0) is 298 Å². The molecule has 16 rings (SSSR count). The van der Waals surface area contributed by atoms with Crippen molar-refractivity contribution in [3.05, 3.63) is 210 Å². The van der Waals surface area contributed by atoms with Crippen molar-refractivity contribution in [2.75, 3.05) is 65.3 Å². The van der Waals surface area contributed by atoms with E-state index < -0.39 is 29.5 Å². The van der Waals surface area contributed by atoms with Gasteiger partial charge in [-0.3, -0.25) is 14.8 Å². The minimum atomic E-state index is -3.28. The maximum atomic E-state index is 12.6. The molecule has 22 heteroatoms. The van der Waals surface area contributed by atoms with Crippen LogP contribution in [0.1, 0.15) is 212 Å². The topological polar surface area (TPSA) is 260 Å². The monoisotopic (exact) mass is 1880 g/mol. The van der Waals surface area contributed by atoms with Crippen molar-refractivity contribution < 1.29 is 34.8 Å². The van der Waals surface area contributed by atoms with E-state index >= 15 is 0 Å². The largest absolute Gasteiger partial charge is 0.332 e. The van der Waals surface area contributed by atoms with Crippen molar-refractivity contribution in [3.63, 3.8) is 0 Å². The molecule has 0 radical (unpaired) electrons. The van der Waals surface area contributed by atoms with Crippen LogP contribution in [-0.2, 0) is 34.3 Å². The molecule has 2 heterocycles. The summed E-state index contributed by atoms with van der Waals surface area (Å²) < 4.78 is 74.1. The Kier molecular flexibility index (Phi) is 38.9. The minimum absolute atomic E-state index is 0. The molecule has 0 bridgehead atoms. The lowest BCUT2D eigenvalue weighted by Gasteiger charge is -2.58. The van der Waals surface area contributed by atoms with Crippen molar-refractivity contribution in [2.45, 2.75) is 243 Å². The molecule has 133 heavy (non-hydrogen) atoms. The zero-order valence-electron chi connectivity index (χ0n) is 80.7. The fourth-order valence-corrected chi connectivity index (χ4v) is 27.3. The number of hydrogen-bond donors (Lipinski definition) is 2. The first-order valence-corrected chi connectivity index (χ1v) is 53.7. The summed E-state index contributed by atoms with van der Waals surface area (Å²) in [6.07, 6.45) is 35.2. The first kappa shape index (κ1) is 105. The van der Waals surface area contributed by atoms with Gasteiger partial charge >= 0.3 is 6.03 Å². The number of urea groups is 1. The van der Waals surface area contributed by atoms with Crippen molar-refractivity contribution >= 4 is 155 Å². The van der Waals surface area contributed by atoms with E-state index in [9.17, 15) is 34.8 Å². The molecular weight excluding hydrogens is 1730 g/mol. The number of fused-ring (bicyclic) bond motifs is 8. The average Bonchev–Trinajstić information content (AvgIpc) is 1.64. The highest BCUT2D eigenvalue weighted by Crippen LogP contribution is 2.67. The number of carbonyl (C=O) groups excluding carboxylic acids is 2. The number of allylic oxidation sites excluding steroid dienone is 2. The normalized spacial score (nSPS) is 22.2. The second-order valence-corrected chi connectivity index (χ2v) is 45.5. The number of rotatable bonds is 30. The van der Waals surface area contributed by atoms with Crippen LogP contribution in [0, 0.1) is 67.1 Å². The number of sulfone groups is 3. The Morgan fingerprint density at radius 1 is 0.526 bits per heavy atom. The molecule has 0 aromatic heterocycles. The maximum Gasteiger partial charge on any atom is 0.315 e. The smallest absolute Gasteiger partial charge is 0.315 e. The van der Waals surface area contributed by atoms with Crippen LogP contribution in [0.3, 0.4) is 0 Å². The summed E-state index contributed by atoms with van der Waals surface area (Å²) >= 11 is 1.93. The van der Waals surface area contributed by atoms with Gasteiger partial charge in [-0.25, -0.2) is 30.0 Å². The molecule has 10 atom stereocenters. The predicted octanol–water partition coefficient (Wildman–Crippen LogP) is 26.6. The fourth-order valence-electron chi connectivity index (χ4n) is 21.3. The standard InChI is InChI=1S/C28H47N.C18H13N.C17H19N3O2S.C17H21NO2S.C15H25N3O2S.C15H17NO2S.CH4/c1-19(2)8-7-9-20(3)24-12-13-25-23-11-10-21-18-22(29-6)14-16-27(21,4)26(23)15-17-28(24,25)5;1-19-11-15-8-7-14-6-5-12-3-2-4-13-9-10-16(15)18(14)17(12)13;1-14-4-6-15(7-5-14)19-20-16-8-10-17(11-9-16)23(21,22)13-3-12-18-2;1-14-8-6-10-16-15(14)9-7-11-17(16)21(19,20)13-5-3-4-12-18-2;1-15-10-21-12(13(15)17-14(20)18-15)8-4-3-6-11(19)7-5-9-16-2;1-12-6-3-8-14-13(12)7-4-9-15(14)19(17,18)11-5-10-16-2;/h10,19-20,23-26H,7-9,11-18H2,1-6H3;2-11H,1H3;4-12H,3,13H2,1-2H3;6-12H,3-5,13H2,1-2H3;9,12-13H,3-8,10H2,1-2H3,(H2,17,18,20);3-4,6-10H,5,11H2,1-2H3;1H4/t20-,23+,24-,25?,26+,27+,28-;;;;12-,13+,15-;;/m1...0../s1. The van der Waals surface area contributed by atoms with Crippen LogP contribution < -0.4 is 10.6 Å². The van der Waals surface area contributed by atoms with Crippen molar-refractivity contribution in [3.8, 4) is 0 Å². The Labute approximate surface area is 799 Å². The van der Waals surface area contributed by atoms with Crippen molar-refractivity contribution in [2.24, 2.45) is 86.5 Å². The second-order valence-electron chi connectivity index (χ2n) is 38.0. The Bertz CT molecular complexity index is 6170. The van der Waals surface area contributed by atoms with E-state index in [4.69, 9.17) is 0 Å². The number of thioether (sulfide) groups is 1. The van der Waals surface area contributed by atoms with Gasteiger partial charge in [0.25, 0.3) is 0 Å². The molecule has 0 spiro atoms. The summed E-state index contributed by atoms with van der Waals surface area (Å²) in [5.41, 5.74) is 10.1.